The van der Waals surface area contributed by atoms with E-state index in [1.807, 2.05) is 16.7 Å². The zero-order valence-corrected chi connectivity index (χ0v) is 11.8. The SMILES string of the molecule is CC1SCCN(C(=O)CC2(C(=O)O)CCC2)C1C. The molecule has 2 atom stereocenters. The molecule has 18 heavy (non-hydrogen) atoms. The standard InChI is InChI=1S/C13H21NO3S/c1-9-10(2)18-7-6-14(9)11(15)8-13(12(16)17)4-3-5-13/h9-10H,3-8H2,1-2H3,(H,16,17). The smallest absolute Gasteiger partial charge is 0.310 e. The quantitative estimate of drug-likeness (QED) is 0.853. The maximum atomic E-state index is 12.3. The van der Waals surface area contributed by atoms with Crippen LogP contribution in [0.4, 0.5) is 0 Å². The van der Waals surface area contributed by atoms with Crippen molar-refractivity contribution in [2.45, 2.75) is 50.8 Å². The van der Waals surface area contributed by atoms with Crippen molar-refractivity contribution in [1.29, 1.82) is 0 Å². The Morgan fingerprint density at radius 3 is 2.56 bits per heavy atom. The number of carboxylic acids is 1. The first-order chi connectivity index (χ1) is 8.46. The number of amides is 1. The third kappa shape index (κ3) is 2.37. The summed E-state index contributed by atoms with van der Waals surface area (Å²) in [7, 11) is 0. The number of aliphatic carboxylic acids is 1. The molecule has 0 bridgehead atoms. The summed E-state index contributed by atoms with van der Waals surface area (Å²) >= 11 is 1.88. The maximum absolute atomic E-state index is 12.3. The van der Waals surface area contributed by atoms with E-state index >= 15 is 0 Å². The normalized spacial score (nSPS) is 30.7. The monoisotopic (exact) mass is 271 g/mol. The first-order valence-corrected chi connectivity index (χ1v) is 7.66. The van der Waals surface area contributed by atoms with Gasteiger partial charge in [-0.3, -0.25) is 9.59 Å². The highest BCUT2D eigenvalue weighted by Gasteiger charge is 2.47. The van der Waals surface area contributed by atoms with Crippen LogP contribution >= 0.6 is 11.8 Å². The van der Waals surface area contributed by atoms with E-state index < -0.39 is 11.4 Å². The molecule has 1 heterocycles. The van der Waals surface area contributed by atoms with Crippen molar-refractivity contribution in [3.63, 3.8) is 0 Å². The fourth-order valence-electron chi connectivity index (χ4n) is 2.75. The van der Waals surface area contributed by atoms with Gasteiger partial charge in [-0.1, -0.05) is 13.3 Å². The van der Waals surface area contributed by atoms with E-state index in [0.29, 0.717) is 18.1 Å². The van der Waals surface area contributed by atoms with Crippen LogP contribution in [0, 0.1) is 5.41 Å². The van der Waals surface area contributed by atoms with Gasteiger partial charge in [0.1, 0.15) is 0 Å². The summed E-state index contributed by atoms with van der Waals surface area (Å²) in [5.74, 6) is 0.183. The van der Waals surface area contributed by atoms with E-state index in [0.717, 1.165) is 18.7 Å². The molecule has 0 radical (unpaired) electrons. The predicted octanol–water partition coefficient (Wildman–Crippen LogP) is 1.98. The number of hydrogen-bond donors (Lipinski definition) is 1. The Hall–Kier alpha value is -0.710. The van der Waals surface area contributed by atoms with Gasteiger partial charge in [0, 0.05) is 30.0 Å². The first-order valence-electron chi connectivity index (χ1n) is 6.61. The van der Waals surface area contributed by atoms with Crippen LogP contribution in [0.15, 0.2) is 0 Å². The zero-order chi connectivity index (χ0) is 13.3. The van der Waals surface area contributed by atoms with E-state index in [-0.39, 0.29) is 18.4 Å². The van der Waals surface area contributed by atoms with Gasteiger partial charge < -0.3 is 10.0 Å². The average molecular weight is 271 g/mol. The van der Waals surface area contributed by atoms with E-state index in [4.69, 9.17) is 0 Å². The van der Waals surface area contributed by atoms with Crippen molar-refractivity contribution in [3.8, 4) is 0 Å². The summed E-state index contributed by atoms with van der Waals surface area (Å²) in [6.45, 7) is 4.94. The minimum absolute atomic E-state index is 0.0248. The predicted molar refractivity (Wildman–Crippen MR) is 71.6 cm³/mol. The molecular weight excluding hydrogens is 250 g/mol. The summed E-state index contributed by atoms with van der Waals surface area (Å²) in [5.41, 5.74) is -0.759. The van der Waals surface area contributed by atoms with Gasteiger partial charge in [-0.15, -0.1) is 0 Å². The third-order valence-electron chi connectivity index (χ3n) is 4.46. The topological polar surface area (TPSA) is 57.6 Å². The third-order valence-corrected chi connectivity index (χ3v) is 5.80. The molecule has 2 aliphatic rings. The molecule has 0 aromatic rings. The molecule has 1 aliphatic carbocycles. The molecule has 102 valence electrons. The molecule has 5 heteroatoms. The van der Waals surface area contributed by atoms with Gasteiger partial charge in [-0.05, 0) is 19.8 Å². The van der Waals surface area contributed by atoms with Gasteiger partial charge >= 0.3 is 5.97 Å². The summed E-state index contributed by atoms with van der Waals surface area (Å²) in [6, 6.07) is 0.210. The van der Waals surface area contributed by atoms with Crippen LogP contribution in [0.5, 0.6) is 0 Å². The maximum Gasteiger partial charge on any atom is 0.310 e. The molecule has 0 spiro atoms. The molecule has 2 fully saturated rings. The van der Waals surface area contributed by atoms with Gasteiger partial charge in [-0.2, -0.15) is 11.8 Å². The van der Waals surface area contributed by atoms with Crippen LogP contribution in [0.25, 0.3) is 0 Å². The molecule has 1 saturated heterocycles. The fourth-order valence-corrected chi connectivity index (χ4v) is 3.85. The Morgan fingerprint density at radius 2 is 2.06 bits per heavy atom. The van der Waals surface area contributed by atoms with Crippen LogP contribution in [0.2, 0.25) is 0 Å². The highest BCUT2D eigenvalue weighted by atomic mass is 32.2. The largest absolute Gasteiger partial charge is 0.481 e. The molecule has 2 unspecified atom stereocenters. The molecule has 1 aliphatic heterocycles. The zero-order valence-electron chi connectivity index (χ0n) is 11.0. The number of carboxylic acid groups (broad SMARTS) is 1. The molecule has 4 nitrogen and oxygen atoms in total. The van der Waals surface area contributed by atoms with Gasteiger partial charge in [0.05, 0.1) is 5.41 Å². The van der Waals surface area contributed by atoms with Crippen LogP contribution in [-0.2, 0) is 9.59 Å². The number of rotatable bonds is 3. The second kappa shape index (κ2) is 5.11. The van der Waals surface area contributed by atoms with Crippen LogP contribution in [-0.4, -0.2) is 45.5 Å². The van der Waals surface area contributed by atoms with Crippen molar-refractivity contribution in [2.75, 3.05) is 12.3 Å². The Morgan fingerprint density at radius 1 is 1.39 bits per heavy atom. The van der Waals surface area contributed by atoms with E-state index in [1.165, 1.54) is 0 Å². The van der Waals surface area contributed by atoms with Crippen molar-refractivity contribution in [2.24, 2.45) is 5.41 Å². The lowest BCUT2D eigenvalue weighted by atomic mass is 9.66. The molecule has 0 aromatic heterocycles. The van der Waals surface area contributed by atoms with Gasteiger partial charge in [0.25, 0.3) is 0 Å². The molecule has 0 aromatic carbocycles. The van der Waals surface area contributed by atoms with Crippen LogP contribution in [0.1, 0.15) is 39.5 Å². The number of carbonyl (C=O) groups is 2. The fraction of sp³-hybridized carbons (Fsp3) is 0.846. The summed E-state index contributed by atoms with van der Waals surface area (Å²) in [5, 5.41) is 9.71. The van der Waals surface area contributed by atoms with Gasteiger partial charge in [-0.25, -0.2) is 0 Å². The Bertz CT molecular complexity index is 354. The van der Waals surface area contributed by atoms with E-state index in [1.54, 1.807) is 0 Å². The first kappa shape index (κ1) is 13.7. The molecule has 1 N–H and O–H groups in total. The van der Waals surface area contributed by atoms with Crippen LogP contribution in [0.3, 0.4) is 0 Å². The summed E-state index contributed by atoms with van der Waals surface area (Å²) in [4.78, 5) is 25.5. The Kier molecular flexibility index (Phi) is 3.90. The van der Waals surface area contributed by atoms with Crippen molar-refractivity contribution in [3.05, 3.63) is 0 Å². The second-order valence-corrected chi connectivity index (χ2v) is 7.00. The van der Waals surface area contributed by atoms with Crippen molar-refractivity contribution >= 4 is 23.6 Å². The van der Waals surface area contributed by atoms with E-state index in [9.17, 15) is 14.7 Å². The highest BCUT2D eigenvalue weighted by molar-refractivity contribution is 8.00. The number of nitrogens with zero attached hydrogens (tertiary/aromatic N) is 1. The number of carbonyl (C=O) groups excluding carboxylic acids is 1. The lowest BCUT2D eigenvalue weighted by Gasteiger charge is -2.42. The molecule has 1 saturated carbocycles. The highest BCUT2D eigenvalue weighted by Crippen LogP contribution is 2.45. The Balaban J connectivity index is 2.01. The number of thioether (sulfide) groups is 1. The number of hydrogen-bond acceptors (Lipinski definition) is 3. The Labute approximate surface area is 112 Å². The lowest BCUT2D eigenvalue weighted by molar-refractivity contribution is -0.160. The average Bonchev–Trinajstić information content (AvgIpc) is 2.26. The van der Waals surface area contributed by atoms with Gasteiger partial charge in [0.2, 0.25) is 5.91 Å². The summed E-state index contributed by atoms with van der Waals surface area (Å²) in [6.07, 6.45) is 2.42. The van der Waals surface area contributed by atoms with Crippen LogP contribution < -0.4 is 0 Å². The second-order valence-electron chi connectivity index (χ2n) is 5.52. The minimum Gasteiger partial charge on any atom is -0.481 e. The molecule has 1 amide bonds. The molecule has 2 rings (SSSR count). The molecular formula is C13H21NO3S. The van der Waals surface area contributed by atoms with E-state index in [2.05, 4.69) is 13.8 Å². The van der Waals surface area contributed by atoms with Crippen molar-refractivity contribution in [1.82, 2.24) is 4.90 Å². The minimum atomic E-state index is -0.797. The van der Waals surface area contributed by atoms with Crippen molar-refractivity contribution < 1.29 is 14.7 Å². The lowest BCUT2D eigenvalue weighted by Crippen LogP contribution is -2.51. The summed E-state index contributed by atoms with van der Waals surface area (Å²) < 4.78 is 0. The van der Waals surface area contributed by atoms with Gasteiger partial charge in [0.15, 0.2) is 0 Å².